The van der Waals surface area contributed by atoms with Crippen LogP contribution in [0.3, 0.4) is 0 Å². The molecule has 0 bridgehead atoms. The van der Waals surface area contributed by atoms with Crippen LogP contribution in [-0.4, -0.2) is 62.8 Å². The fraction of sp³-hybridized carbons (Fsp3) is 0.588. The fourth-order valence-electron chi connectivity index (χ4n) is 3.92. The van der Waals surface area contributed by atoms with E-state index in [0.717, 1.165) is 0 Å². The maximum absolute atomic E-state index is 12.7. The highest BCUT2D eigenvalue weighted by molar-refractivity contribution is 7.93. The van der Waals surface area contributed by atoms with Crippen molar-refractivity contribution < 1.29 is 27.4 Å². The normalized spacial score (nSPS) is 25.2. The molecule has 0 N–H and O–H groups in total. The number of amides is 1. The molecule has 7 nitrogen and oxygen atoms in total. The summed E-state index contributed by atoms with van der Waals surface area (Å²) in [5.74, 6) is 1.12. The quantitative estimate of drug-likeness (QED) is 0.792. The van der Waals surface area contributed by atoms with Gasteiger partial charge in [-0.05, 0) is 31.5 Å². The first-order chi connectivity index (χ1) is 12.0. The first-order valence-electron chi connectivity index (χ1n) is 8.46. The van der Waals surface area contributed by atoms with Gasteiger partial charge in [-0.2, -0.15) is 0 Å². The zero-order valence-electron chi connectivity index (χ0n) is 14.1. The number of nitrogens with zero attached hydrogens (tertiary/aromatic N) is 1. The van der Waals surface area contributed by atoms with Crippen molar-refractivity contribution in [3.8, 4) is 11.5 Å². The maximum Gasteiger partial charge on any atom is 0.254 e. The Morgan fingerprint density at radius 2 is 2.08 bits per heavy atom. The molecular weight excluding hydrogens is 346 g/mol. The number of sulfone groups is 1. The number of carbonyl (C=O) groups is 1. The number of fused-ring (bicyclic) bond motifs is 1. The predicted octanol–water partition coefficient (Wildman–Crippen LogP) is 1.08. The minimum Gasteiger partial charge on any atom is -0.454 e. The van der Waals surface area contributed by atoms with E-state index in [0.29, 0.717) is 36.7 Å². The average Bonchev–Trinajstić information content (AvgIpc) is 3.11. The Bertz CT molecular complexity index is 799. The lowest BCUT2D eigenvalue weighted by Gasteiger charge is -2.49. The zero-order chi connectivity index (χ0) is 17.7. The Hall–Kier alpha value is -1.80. The van der Waals surface area contributed by atoms with Gasteiger partial charge in [0.15, 0.2) is 21.3 Å². The van der Waals surface area contributed by atoms with Crippen molar-refractivity contribution in [2.24, 2.45) is 5.92 Å². The van der Waals surface area contributed by atoms with Crippen LogP contribution < -0.4 is 9.47 Å². The number of ether oxygens (including phenoxy) is 3. The largest absolute Gasteiger partial charge is 0.454 e. The molecule has 1 aromatic rings. The molecule has 0 saturated carbocycles. The lowest BCUT2D eigenvalue weighted by atomic mass is 9.83. The Morgan fingerprint density at radius 1 is 1.32 bits per heavy atom. The summed E-state index contributed by atoms with van der Waals surface area (Å²) in [5, 5.41) is 0. The molecule has 2 fully saturated rings. The molecular formula is C17H21NO6S. The second-order valence-corrected chi connectivity index (χ2v) is 9.21. The van der Waals surface area contributed by atoms with Gasteiger partial charge in [0.05, 0.1) is 12.4 Å². The van der Waals surface area contributed by atoms with Gasteiger partial charge in [-0.25, -0.2) is 8.42 Å². The van der Waals surface area contributed by atoms with Crippen molar-refractivity contribution in [3.63, 3.8) is 0 Å². The summed E-state index contributed by atoms with van der Waals surface area (Å²) in [6.07, 6.45) is 0.606. The molecule has 0 aromatic heterocycles. The predicted molar refractivity (Wildman–Crippen MR) is 89.6 cm³/mol. The third-order valence-electron chi connectivity index (χ3n) is 5.45. The molecule has 3 heterocycles. The molecule has 1 amide bonds. The summed E-state index contributed by atoms with van der Waals surface area (Å²) in [4.78, 5) is 14.3. The van der Waals surface area contributed by atoms with Crippen LogP contribution in [0, 0.1) is 5.92 Å². The molecule has 1 spiro atoms. The molecule has 3 aliphatic heterocycles. The lowest BCUT2D eigenvalue weighted by molar-refractivity contribution is 0.0270. The molecule has 0 aliphatic carbocycles. The number of hydrogen-bond donors (Lipinski definition) is 0. The van der Waals surface area contributed by atoms with Gasteiger partial charge in [0, 0.05) is 31.2 Å². The van der Waals surface area contributed by atoms with Gasteiger partial charge in [0.1, 0.15) is 4.75 Å². The van der Waals surface area contributed by atoms with E-state index in [2.05, 4.69) is 0 Å². The topological polar surface area (TPSA) is 82.1 Å². The van der Waals surface area contributed by atoms with Gasteiger partial charge in [-0.1, -0.05) is 0 Å². The number of hydrogen-bond acceptors (Lipinski definition) is 6. The highest BCUT2D eigenvalue weighted by atomic mass is 32.2. The van der Waals surface area contributed by atoms with Gasteiger partial charge < -0.3 is 19.1 Å². The second-order valence-electron chi connectivity index (χ2n) is 6.76. The van der Waals surface area contributed by atoms with Crippen LogP contribution in [0.5, 0.6) is 11.5 Å². The van der Waals surface area contributed by atoms with Crippen molar-refractivity contribution in [1.82, 2.24) is 4.90 Å². The maximum atomic E-state index is 12.7. The summed E-state index contributed by atoms with van der Waals surface area (Å²) in [5.41, 5.74) is 0.482. The van der Waals surface area contributed by atoms with Crippen molar-refractivity contribution in [2.75, 3.05) is 38.8 Å². The minimum absolute atomic E-state index is 0.0433. The number of benzene rings is 1. The van der Waals surface area contributed by atoms with Gasteiger partial charge in [0.25, 0.3) is 5.91 Å². The van der Waals surface area contributed by atoms with E-state index in [9.17, 15) is 13.2 Å². The standard InChI is InChI=1S/C17H21NO6S/c1-2-22-8-13-5-6-25(20,21)17(13)9-18(10-17)16(19)12-3-4-14-15(7-12)24-11-23-14/h3-4,7,13H,2,5-6,8-11H2,1H3/t13-/m0/s1. The molecule has 0 radical (unpaired) electrons. The van der Waals surface area contributed by atoms with Crippen molar-refractivity contribution in [2.45, 2.75) is 18.1 Å². The Labute approximate surface area is 146 Å². The molecule has 4 rings (SSSR count). The van der Waals surface area contributed by atoms with Crippen LogP contribution in [0.4, 0.5) is 0 Å². The van der Waals surface area contributed by atoms with Crippen LogP contribution in [0.2, 0.25) is 0 Å². The monoisotopic (exact) mass is 367 g/mol. The van der Waals surface area contributed by atoms with E-state index in [4.69, 9.17) is 14.2 Å². The van der Waals surface area contributed by atoms with E-state index in [1.54, 1.807) is 23.1 Å². The Kier molecular flexibility index (Phi) is 3.92. The third-order valence-corrected chi connectivity index (χ3v) is 8.05. The zero-order valence-corrected chi connectivity index (χ0v) is 14.9. The van der Waals surface area contributed by atoms with Crippen LogP contribution in [0.1, 0.15) is 23.7 Å². The van der Waals surface area contributed by atoms with Crippen LogP contribution in [0.15, 0.2) is 18.2 Å². The Morgan fingerprint density at radius 3 is 2.84 bits per heavy atom. The first-order valence-corrected chi connectivity index (χ1v) is 10.1. The molecule has 136 valence electrons. The van der Waals surface area contributed by atoms with E-state index < -0.39 is 14.6 Å². The van der Waals surface area contributed by atoms with Gasteiger partial charge in [-0.3, -0.25) is 4.79 Å². The van der Waals surface area contributed by atoms with E-state index in [1.165, 1.54) is 0 Å². The van der Waals surface area contributed by atoms with E-state index >= 15 is 0 Å². The second kappa shape index (κ2) is 5.88. The molecule has 8 heteroatoms. The highest BCUT2D eigenvalue weighted by Crippen LogP contribution is 2.45. The van der Waals surface area contributed by atoms with Crippen LogP contribution in [-0.2, 0) is 14.6 Å². The number of carbonyl (C=O) groups excluding carboxylic acids is 1. The fourth-order valence-corrected chi connectivity index (χ4v) is 6.32. The lowest BCUT2D eigenvalue weighted by Crippen LogP contribution is -2.68. The smallest absolute Gasteiger partial charge is 0.254 e. The van der Waals surface area contributed by atoms with Crippen molar-refractivity contribution in [1.29, 1.82) is 0 Å². The van der Waals surface area contributed by atoms with Crippen molar-refractivity contribution in [3.05, 3.63) is 23.8 Å². The number of likely N-dealkylation sites (tertiary alicyclic amines) is 1. The summed E-state index contributed by atoms with van der Waals surface area (Å²) in [7, 11) is -3.21. The van der Waals surface area contributed by atoms with E-state index in [-0.39, 0.29) is 37.5 Å². The SMILES string of the molecule is CCOC[C@@H]1CCS(=O)(=O)C12CN(C(=O)c1ccc3c(c1)OCO3)C2. The minimum atomic E-state index is -3.21. The van der Waals surface area contributed by atoms with E-state index in [1.807, 2.05) is 6.92 Å². The molecule has 3 aliphatic rings. The highest BCUT2D eigenvalue weighted by Gasteiger charge is 2.62. The average molecular weight is 367 g/mol. The summed E-state index contributed by atoms with van der Waals surface area (Å²) < 4.78 is 40.3. The molecule has 1 aromatic carbocycles. The van der Waals surface area contributed by atoms with Gasteiger partial charge >= 0.3 is 0 Å². The third kappa shape index (κ3) is 2.50. The molecule has 2 saturated heterocycles. The first kappa shape index (κ1) is 16.7. The molecule has 0 unspecified atom stereocenters. The summed E-state index contributed by atoms with van der Waals surface area (Å²) >= 11 is 0. The molecule has 1 atom stereocenters. The summed E-state index contributed by atoms with van der Waals surface area (Å²) in [6.45, 7) is 3.51. The number of rotatable bonds is 4. The summed E-state index contributed by atoms with van der Waals surface area (Å²) in [6, 6.07) is 5.04. The molecule has 25 heavy (non-hydrogen) atoms. The van der Waals surface area contributed by atoms with Gasteiger partial charge in [0.2, 0.25) is 6.79 Å². The van der Waals surface area contributed by atoms with Crippen LogP contribution >= 0.6 is 0 Å². The Balaban J connectivity index is 1.50. The van der Waals surface area contributed by atoms with Crippen LogP contribution in [0.25, 0.3) is 0 Å². The van der Waals surface area contributed by atoms with Gasteiger partial charge in [-0.15, -0.1) is 0 Å². The van der Waals surface area contributed by atoms with Crippen molar-refractivity contribution >= 4 is 15.7 Å².